The van der Waals surface area contributed by atoms with Gasteiger partial charge in [0.15, 0.2) is 0 Å². The summed E-state index contributed by atoms with van der Waals surface area (Å²) < 4.78 is 41.6. The molecular formula is C28H24N2O6S2. The molecule has 0 amide bonds. The molecule has 0 spiro atoms. The Morgan fingerprint density at radius 1 is 0.500 bits per heavy atom. The summed E-state index contributed by atoms with van der Waals surface area (Å²) in [5, 5.41) is 0. The Kier molecular flexibility index (Phi) is 9.71. The third kappa shape index (κ3) is 7.56. The van der Waals surface area contributed by atoms with Crippen molar-refractivity contribution in [1.82, 2.24) is 0 Å². The van der Waals surface area contributed by atoms with Gasteiger partial charge in [0.25, 0.3) is 0 Å². The number of benzene rings is 4. The molecule has 194 valence electrons. The second-order valence-electron chi connectivity index (χ2n) is 7.75. The van der Waals surface area contributed by atoms with Crippen LogP contribution in [0.3, 0.4) is 0 Å². The van der Waals surface area contributed by atoms with E-state index < -0.39 is 22.7 Å². The van der Waals surface area contributed by atoms with Gasteiger partial charge in [-0.1, -0.05) is 109 Å². The Bertz CT molecular complexity index is 1360. The fraction of sp³-hybridized carbons (Fsp3) is 0. The van der Waals surface area contributed by atoms with Crippen LogP contribution >= 0.6 is 0 Å². The molecule has 0 bridgehead atoms. The molecule has 4 rings (SSSR count). The largest absolute Gasteiger partial charge is 0.378 e. The lowest BCUT2D eigenvalue weighted by molar-refractivity contribution is 0.323. The van der Waals surface area contributed by atoms with Gasteiger partial charge in [0.1, 0.15) is 11.5 Å². The molecule has 0 aliphatic rings. The molecule has 0 fully saturated rings. The quantitative estimate of drug-likeness (QED) is 0.189. The normalized spacial score (nSPS) is 13.0. The monoisotopic (exact) mass is 548 g/mol. The van der Waals surface area contributed by atoms with Gasteiger partial charge < -0.3 is 8.37 Å². The maximum absolute atomic E-state index is 11.5. The summed E-state index contributed by atoms with van der Waals surface area (Å²) in [4.78, 5) is 0. The molecule has 0 aromatic heterocycles. The van der Waals surface area contributed by atoms with Crippen molar-refractivity contribution >= 4 is 47.0 Å². The van der Waals surface area contributed by atoms with Crippen molar-refractivity contribution in [3.8, 4) is 22.6 Å². The van der Waals surface area contributed by atoms with Crippen LogP contribution in [0, 0.1) is 0 Å². The Labute approximate surface area is 225 Å². The van der Waals surface area contributed by atoms with Gasteiger partial charge in [0, 0.05) is 11.1 Å². The van der Waals surface area contributed by atoms with Crippen LogP contribution < -0.4 is 20.2 Å². The second-order valence-corrected chi connectivity index (χ2v) is 9.29. The van der Waals surface area contributed by atoms with E-state index in [2.05, 4.69) is 8.57 Å². The molecule has 8 nitrogen and oxygen atoms in total. The smallest absolute Gasteiger partial charge is 0.377 e. The van der Waals surface area contributed by atoms with Crippen LogP contribution in [0.5, 0.6) is 11.5 Å². The minimum absolute atomic E-state index is 0.397. The predicted octanol–water partition coefficient (Wildman–Crippen LogP) is 5.39. The van der Waals surface area contributed by atoms with E-state index in [-0.39, 0.29) is 0 Å². The van der Waals surface area contributed by atoms with Crippen molar-refractivity contribution in [1.29, 1.82) is 0 Å². The van der Waals surface area contributed by atoms with Crippen molar-refractivity contribution in [2.45, 2.75) is 0 Å². The van der Waals surface area contributed by atoms with E-state index in [4.69, 9.17) is 20.2 Å². The van der Waals surface area contributed by atoms with Crippen molar-refractivity contribution in [3.05, 3.63) is 119 Å². The fourth-order valence-electron chi connectivity index (χ4n) is 3.52. The number of hydrogen-bond donors (Lipinski definition) is 2. The van der Waals surface area contributed by atoms with E-state index in [1.807, 2.05) is 97.1 Å². The first-order valence-electron chi connectivity index (χ1n) is 11.2. The van der Waals surface area contributed by atoms with Crippen LogP contribution in [0.4, 0.5) is 0 Å². The maximum atomic E-state index is 11.5. The van der Waals surface area contributed by atoms with Crippen LogP contribution in [-0.2, 0) is 31.3 Å². The van der Waals surface area contributed by atoms with Gasteiger partial charge in [-0.15, -0.1) is 0 Å². The van der Waals surface area contributed by atoms with Crippen LogP contribution in [0.15, 0.2) is 97.1 Å². The molecule has 0 radical (unpaired) electrons. The molecule has 10 heteroatoms. The standard InChI is InChI=1S/C28H24N2O6S2/c29-35-37(31)33-27-7-3-1-5-25(27)19-13-21-9-15-23(16-10-21)24-17-11-22(12-18-24)14-20-26-6-2-4-8-28(26)34-38(32)36-30/h1-20H,29-30H2/b19-13+,20-14+. The number of hydrogen-bond acceptors (Lipinski definition) is 8. The highest BCUT2D eigenvalue weighted by Gasteiger charge is 2.07. The molecular weight excluding hydrogens is 524 g/mol. The predicted molar refractivity (Wildman–Crippen MR) is 151 cm³/mol. The average molecular weight is 549 g/mol. The van der Waals surface area contributed by atoms with Gasteiger partial charge in [0.05, 0.1) is 0 Å². The van der Waals surface area contributed by atoms with Gasteiger partial charge in [-0.3, -0.25) is 0 Å². The van der Waals surface area contributed by atoms with E-state index >= 15 is 0 Å². The van der Waals surface area contributed by atoms with Crippen LogP contribution in [-0.4, -0.2) is 8.42 Å². The zero-order valence-corrected chi connectivity index (χ0v) is 21.6. The lowest BCUT2D eigenvalue weighted by Gasteiger charge is -2.06. The molecule has 0 aliphatic heterocycles. The molecule has 2 atom stereocenters. The highest BCUT2D eigenvalue weighted by atomic mass is 32.2. The Balaban J connectivity index is 1.43. The molecule has 4 N–H and O–H groups in total. The van der Waals surface area contributed by atoms with Crippen molar-refractivity contribution in [3.63, 3.8) is 0 Å². The molecule has 0 heterocycles. The molecule has 38 heavy (non-hydrogen) atoms. The van der Waals surface area contributed by atoms with E-state index in [0.717, 1.165) is 33.4 Å². The van der Waals surface area contributed by atoms with E-state index in [0.29, 0.717) is 11.5 Å². The van der Waals surface area contributed by atoms with E-state index in [1.54, 1.807) is 24.3 Å². The summed E-state index contributed by atoms with van der Waals surface area (Å²) in [5.74, 6) is 10.6. The second kappa shape index (κ2) is 13.6. The molecule has 2 unspecified atom stereocenters. The summed E-state index contributed by atoms with van der Waals surface area (Å²) in [5.41, 5.74) is 5.59. The molecule has 0 aliphatic carbocycles. The number of rotatable bonds is 11. The van der Waals surface area contributed by atoms with Gasteiger partial charge in [0.2, 0.25) is 0 Å². The van der Waals surface area contributed by atoms with Gasteiger partial charge in [-0.25, -0.2) is 0 Å². The van der Waals surface area contributed by atoms with Crippen molar-refractivity contribution in [2.75, 3.05) is 0 Å². The van der Waals surface area contributed by atoms with Crippen molar-refractivity contribution < 1.29 is 25.4 Å². The Hall–Kier alpha value is -3.90. The van der Waals surface area contributed by atoms with Gasteiger partial charge in [-0.05, 0) is 34.4 Å². The number of para-hydroxylation sites is 2. The topological polar surface area (TPSA) is 123 Å². The molecule has 4 aromatic carbocycles. The first kappa shape index (κ1) is 27.1. The molecule has 0 saturated carbocycles. The maximum Gasteiger partial charge on any atom is 0.377 e. The van der Waals surface area contributed by atoms with Crippen LogP contribution in [0.25, 0.3) is 35.4 Å². The lowest BCUT2D eigenvalue weighted by Crippen LogP contribution is -2.09. The minimum Gasteiger partial charge on any atom is -0.378 e. The summed E-state index contributed by atoms with van der Waals surface area (Å²) in [6.45, 7) is 0. The minimum atomic E-state index is -2.06. The summed E-state index contributed by atoms with van der Waals surface area (Å²) in [6, 6.07) is 30.5. The van der Waals surface area contributed by atoms with Crippen molar-refractivity contribution in [2.24, 2.45) is 11.8 Å². The Morgan fingerprint density at radius 3 is 1.24 bits per heavy atom. The summed E-state index contributed by atoms with van der Waals surface area (Å²) in [7, 11) is 0. The molecule has 4 aromatic rings. The fourth-order valence-corrected chi connectivity index (χ4v) is 4.19. The third-order valence-electron chi connectivity index (χ3n) is 5.38. The number of nitrogens with two attached hydrogens (primary N) is 2. The Morgan fingerprint density at radius 2 is 0.868 bits per heavy atom. The zero-order chi connectivity index (χ0) is 26.7. The molecule has 0 saturated heterocycles. The van der Waals surface area contributed by atoms with E-state index in [9.17, 15) is 8.42 Å². The highest BCUT2D eigenvalue weighted by Crippen LogP contribution is 2.25. The summed E-state index contributed by atoms with van der Waals surface area (Å²) in [6.07, 6.45) is 7.60. The van der Waals surface area contributed by atoms with Gasteiger partial charge in [-0.2, -0.15) is 28.8 Å². The SMILES string of the molecule is NOS(=O)Oc1ccccc1/C=C/c1ccc(-c2ccc(/C=C/c3ccccc3OS(=O)ON)cc2)cc1. The first-order valence-corrected chi connectivity index (χ1v) is 13.2. The van der Waals surface area contributed by atoms with Gasteiger partial charge >= 0.3 is 22.7 Å². The lowest BCUT2D eigenvalue weighted by atomic mass is 10.0. The first-order chi connectivity index (χ1) is 18.6. The zero-order valence-electron chi connectivity index (χ0n) is 20.0. The van der Waals surface area contributed by atoms with E-state index in [1.165, 1.54) is 0 Å². The highest BCUT2D eigenvalue weighted by molar-refractivity contribution is 7.75. The third-order valence-corrected chi connectivity index (χ3v) is 6.32. The average Bonchev–Trinajstić information content (AvgIpc) is 2.96. The summed E-state index contributed by atoms with van der Waals surface area (Å²) >= 11 is -4.13. The van der Waals surface area contributed by atoms with Crippen LogP contribution in [0.2, 0.25) is 0 Å². The van der Waals surface area contributed by atoms with Crippen LogP contribution in [0.1, 0.15) is 22.3 Å².